The largest absolute Gasteiger partial charge is 0.352 e. The predicted molar refractivity (Wildman–Crippen MR) is 126 cm³/mol. The summed E-state index contributed by atoms with van der Waals surface area (Å²) in [6.45, 7) is 2.35. The first-order valence-corrected chi connectivity index (χ1v) is 12.9. The van der Waals surface area contributed by atoms with Crippen molar-refractivity contribution < 1.29 is 13.2 Å². The molecule has 32 heavy (non-hydrogen) atoms. The molecule has 0 spiro atoms. The van der Waals surface area contributed by atoms with Crippen molar-refractivity contribution in [3.05, 3.63) is 101 Å². The van der Waals surface area contributed by atoms with Gasteiger partial charge in [-0.05, 0) is 53.1 Å². The van der Waals surface area contributed by atoms with E-state index in [2.05, 4.69) is 53.8 Å². The second-order valence-electron chi connectivity index (χ2n) is 8.81. The summed E-state index contributed by atoms with van der Waals surface area (Å²) in [5.41, 5.74) is 5.74. The number of benzene rings is 3. The van der Waals surface area contributed by atoms with E-state index in [9.17, 15) is 13.2 Å². The lowest BCUT2D eigenvalue weighted by atomic mass is 9.59. The molecule has 0 saturated carbocycles. The lowest BCUT2D eigenvalue weighted by molar-refractivity contribution is 0.0939. The SMILES string of the molecule is CCCS(=O)(=O)c1ccccc1C(=O)NCC1CC2c3ccccc3C1c1ccccc12. The summed E-state index contributed by atoms with van der Waals surface area (Å²) in [4.78, 5) is 13.2. The maximum atomic E-state index is 13.1. The number of hydrogen-bond donors (Lipinski definition) is 1. The lowest BCUT2D eigenvalue weighted by Gasteiger charge is -2.45. The number of fused-ring (bicyclic) bond motifs is 1. The highest BCUT2D eigenvalue weighted by atomic mass is 32.2. The first-order chi connectivity index (χ1) is 15.5. The molecule has 164 valence electrons. The first kappa shape index (κ1) is 21.0. The van der Waals surface area contributed by atoms with Crippen LogP contribution in [0.25, 0.3) is 0 Å². The van der Waals surface area contributed by atoms with Crippen LogP contribution in [0, 0.1) is 5.92 Å². The van der Waals surface area contributed by atoms with Gasteiger partial charge in [0.1, 0.15) is 0 Å². The van der Waals surface area contributed by atoms with E-state index in [1.165, 1.54) is 28.3 Å². The van der Waals surface area contributed by atoms with Gasteiger partial charge in [0.05, 0.1) is 16.2 Å². The number of carbonyl (C=O) groups excluding carboxylic acids is 1. The molecule has 3 aromatic rings. The Labute approximate surface area is 189 Å². The maximum Gasteiger partial charge on any atom is 0.252 e. The number of nitrogens with one attached hydrogen (secondary N) is 1. The van der Waals surface area contributed by atoms with Crippen molar-refractivity contribution >= 4 is 15.7 Å². The molecule has 1 amide bonds. The van der Waals surface area contributed by atoms with Gasteiger partial charge in [-0.25, -0.2) is 8.42 Å². The van der Waals surface area contributed by atoms with E-state index in [1.54, 1.807) is 18.2 Å². The zero-order valence-electron chi connectivity index (χ0n) is 18.1. The van der Waals surface area contributed by atoms with E-state index in [-0.39, 0.29) is 34.0 Å². The number of rotatable bonds is 6. The van der Waals surface area contributed by atoms with Gasteiger partial charge in [0.25, 0.3) is 5.91 Å². The van der Waals surface area contributed by atoms with Gasteiger partial charge in [-0.3, -0.25) is 4.79 Å². The molecule has 3 aliphatic carbocycles. The molecule has 1 atom stereocenters. The van der Waals surface area contributed by atoms with Crippen LogP contribution in [0.15, 0.2) is 77.7 Å². The molecule has 0 fully saturated rings. The van der Waals surface area contributed by atoms with Gasteiger partial charge in [-0.15, -0.1) is 0 Å². The second-order valence-corrected chi connectivity index (χ2v) is 10.9. The highest BCUT2D eigenvalue weighted by Gasteiger charge is 2.43. The highest BCUT2D eigenvalue weighted by molar-refractivity contribution is 7.91. The normalized spacial score (nSPS) is 21.0. The first-order valence-electron chi connectivity index (χ1n) is 11.3. The maximum absolute atomic E-state index is 13.1. The Bertz CT molecular complexity index is 1230. The van der Waals surface area contributed by atoms with Crippen LogP contribution >= 0.6 is 0 Å². The van der Waals surface area contributed by atoms with Crippen LogP contribution in [-0.2, 0) is 9.84 Å². The minimum atomic E-state index is -3.48. The molecule has 5 heteroatoms. The van der Waals surface area contributed by atoms with Gasteiger partial charge in [-0.2, -0.15) is 0 Å². The fraction of sp³-hybridized carbons (Fsp3) is 0.296. The van der Waals surface area contributed by atoms with Gasteiger partial charge in [0.2, 0.25) is 0 Å². The van der Waals surface area contributed by atoms with Crippen molar-refractivity contribution in [3.8, 4) is 0 Å². The van der Waals surface area contributed by atoms with Gasteiger partial charge < -0.3 is 5.32 Å². The highest BCUT2D eigenvalue weighted by Crippen LogP contribution is 2.55. The van der Waals surface area contributed by atoms with E-state index < -0.39 is 9.84 Å². The Kier molecular flexibility index (Phi) is 5.38. The average molecular weight is 446 g/mol. The van der Waals surface area contributed by atoms with Crippen LogP contribution in [0.5, 0.6) is 0 Å². The molecule has 0 heterocycles. The molecular weight excluding hydrogens is 418 g/mol. The minimum Gasteiger partial charge on any atom is -0.352 e. The summed E-state index contributed by atoms with van der Waals surface area (Å²) in [6.07, 6.45) is 1.50. The Morgan fingerprint density at radius 2 is 1.44 bits per heavy atom. The molecule has 4 nitrogen and oxygen atoms in total. The molecule has 0 aliphatic heterocycles. The van der Waals surface area contributed by atoms with Crippen LogP contribution in [-0.4, -0.2) is 26.6 Å². The molecule has 0 radical (unpaired) electrons. The van der Waals surface area contributed by atoms with Crippen molar-refractivity contribution in [2.24, 2.45) is 5.92 Å². The van der Waals surface area contributed by atoms with E-state index in [1.807, 2.05) is 6.92 Å². The average Bonchev–Trinajstić information content (AvgIpc) is 2.82. The molecule has 3 aromatic carbocycles. The second kappa shape index (κ2) is 8.21. The molecule has 0 saturated heterocycles. The Hall–Kier alpha value is -2.92. The predicted octanol–water partition coefficient (Wildman–Crippen LogP) is 4.90. The summed E-state index contributed by atoms with van der Waals surface area (Å²) < 4.78 is 25.3. The fourth-order valence-corrected chi connectivity index (χ4v) is 7.12. The van der Waals surface area contributed by atoms with E-state index in [4.69, 9.17) is 0 Å². The third kappa shape index (κ3) is 3.45. The van der Waals surface area contributed by atoms with Gasteiger partial charge in [-0.1, -0.05) is 67.6 Å². The summed E-state index contributed by atoms with van der Waals surface area (Å²) in [6, 6.07) is 23.8. The third-order valence-corrected chi connectivity index (χ3v) is 8.86. The van der Waals surface area contributed by atoms with Crippen molar-refractivity contribution in [2.45, 2.75) is 36.5 Å². The summed E-state index contributed by atoms with van der Waals surface area (Å²) >= 11 is 0. The summed E-state index contributed by atoms with van der Waals surface area (Å²) in [5.74, 6) is 0.576. The molecule has 2 bridgehead atoms. The summed E-state index contributed by atoms with van der Waals surface area (Å²) in [5, 5.41) is 3.07. The van der Waals surface area contributed by atoms with Crippen LogP contribution in [0.2, 0.25) is 0 Å². The number of sulfone groups is 1. The van der Waals surface area contributed by atoms with Gasteiger partial charge >= 0.3 is 0 Å². The number of carbonyl (C=O) groups is 1. The zero-order chi connectivity index (χ0) is 22.3. The molecule has 0 aromatic heterocycles. The smallest absolute Gasteiger partial charge is 0.252 e. The zero-order valence-corrected chi connectivity index (χ0v) is 18.9. The Balaban J connectivity index is 1.41. The lowest BCUT2D eigenvalue weighted by Crippen LogP contribution is -2.39. The number of hydrogen-bond acceptors (Lipinski definition) is 3. The monoisotopic (exact) mass is 445 g/mol. The summed E-state index contributed by atoms with van der Waals surface area (Å²) in [7, 11) is -3.48. The van der Waals surface area contributed by atoms with Crippen LogP contribution in [0.4, 0.5) is 0 Å². The Morgan fingerprint density at radius 3 is 2.06 bits per heavy atom. The minimum absolute atomic E-state index is 0.0389. The Morgan fingerprint density at radius 1 is 0.875 bits per heavy atom. The van der Waals surface area contributed by atoms with Gasteiger partial charge in [0.15, 0.2) is 9.84 Å². The van der Waals surface area contributed by atoms with Crippen LogP contribution in [0.3, 0.4) is 0 Å². The number of amides is 1. The fourth-order valence-electron chi connectivity index (χ4n) is 5.58. The van der Waals surface area contributed by atoms with Crippen molar-refractivity contribution in [1.82, 2.24) is 5.32 Å². The van der Waals surface area contributed by atoms with E-state index in [0.717, 1.165) is 6.42 Å². The quantitative estimate of drug-likeness (QED) is 0.587. The van der Waals surface area contributed by atoms with Crippen molar-refractivity contribution in [2.75, 3.05) is 12.3 Å². The molecular formula is C27H27NO3S. The molecule has 1 unspecified atom stereocenters. The van der Waals surface area contributed by atoms with Crippen molar-refractivity contribution in [3.63, 3.8) is 0 Å². The molecule has 6 rings (SSSR count). The van der Waals surface area contributed by atoms with Crippen molar-refractivity contribution in [1.29, 1.82) is 0 Å². The topological polar surface area (TPSA) is 63.2 Å². The van der Waals surface area contributed by atoms with Gasteiger partial charge in [0, 0.05) is 18.4 Å². The van der Waals surface area contributed by atoms with Crippen LogP contribution < -0.4 is 5.32 Å². The standard InChI is InChI=1S/C27H27NO3S/c1-2-15-32(30,31)25-14-8-7-13-23(25)27(29)28-17-18-16-24-19-9-3-5-11-21(19)26(18)22-12-6-4-10-20(22)24/h3-14,18,24,26H,2,15-17H2,1H3,(H,28,29). The molecule has 3 aliphatic rings. The third-order valence-electron chi connectivity index (χ3n) is 6.89. The van der Waals surface area contributed by atoms with E-state index in [0.29, 0.717) is 18.9 Å². The molecule has 1 N–H and O–H groups in total. The van der Waals surface area contributed by atoms with Crippen LogP contribution in [0.1, 0.15) is 64.2 Å². The van der Waals surface area contributed by atoms with E-state index >= 15 is 0 Å².